The van der Waals surface area contributed by atoms with Crippen molar-refractivity contribution in [2.24, 2.45) is 0 Å². The maximum atomic E-state index is 12.0. The Balaban J connectivity index is 1.96. The molecule has 1 aliphatic heterocycles. The molecule has 0 atom stereocenters. The highest BCUT2D eigenvalue weighted by Gasteiger charge is 2.30. The molecule has 23 heavy (non-hydrogen) atoms. The van der Waals surface area contributed by atoms with Gasteiger partial charge >= 0.3 is 0 Å². The van der Waals surface area contributed by atoms with Crippen LogP contribution < -0.4 is 10.6 Å². The molecular weight excluding hydrogens is 298 g/mol. The van der Waals surface area contributed by atoms with Crippen LogP contribution in [0.2, 0.25) is 0 Å². The van der Waals surface area contributed by atoms with Crippen LogP contribution in [0.3, 0.4) is 0 Å². The Bertz CT molecular complexity index is 637. The van der Waals surface area contributed by atoms with Gasteiger partial charge < -0.3 is 15.7 Å². The first kappa shape index (κ1) is 16.7. The lowest BCUT2D eigenvalue weighted by atomic mass is 10.1. The lowest BCUT2D eigenvalue weighted by molar-refractivity contribution is -0.137. The molecule has 0 radical (unpaired) electrons. The highest BCUT2D eigenvalue weighted by molar-refractivity contribution is 6.17. The maximum Gasteiger partial charge on any atom is 0.277 e. The molecule has 7 heteroatoms. The van der Waals surface area contributed by atoms with Crippen molar-refractivity contribution in [3.63, 3.8) is 0 Å². The Morgan fingerprint density at radius 2 is 1.91 bits per heavy atom. The number of hydrogen-bond acceptors (Lipinski definition) is 5. The number of nitrogens with one attached hydrogen (secondary N) is 2. The number of imide groups is 1. The molecule has 0 unspecified atom stereocenters. The average molecular weight is 317 g/mol. The largest absolute Gasteiger partial charge is 0.395 e. The van der Waals surface area contributed by atoms with Crippen molar-refractivity contribution in [2.75, 3.05) is 25.5 Å². The van der Waals surface area contributed by atoms with E-state index in [0.717, 1.165) is 10.5 Å². The van der Waals surface area contributed by atoms with Crippen LogP contribution in [0.15, 0.2) is 36.0 Å². The molecular formula is C16H19N3O4. The molecule has 1 aromatic rings. The van der Waals surface area contributed by atoms with Crippen molar-refractivity contribution >= 4 is 23.4 Å². The zero-order chi connectivity index (χ0) is 16.8. The van der Waals surface area contributed by atoms with Crippen LogP contribution in [-0.4, -0.2) is 47.9 Å². The second-order valence-electron chi connectivity index (χ2n) is 5.07. The maximum absolute atomic E-state index is 12.0. The van der Waals surface area contributed by atoms with Gasteiger partial charge in [0.15, 0.2) is 0 Å². The smallest absolute Gasteiger partial charge is 0.277 e. The molecule has 1 aliphatic rings. The van der Waals surface area contributed by atoms with Crippen LogP contribution in [0.1, 0.15) is 12.0 Å². The van der Waals surface area contributed by atoms with E-state index in [4.69, 9.17) is 5.11 Å². The quantitative estimate of drug-likeness (QED) is 0.616. The highest BCUT2D eigenvalue weighted by Crippen LogP contribution is 2.18. The predicted molar refractivity (Wildman–Crippen MR) is 84.3 cm³/mol. The van der Waals surface area contributed by atoms with Crippen LogP contribution in [0, 0.1) is 0 Å². The summed E-state index contributed by atoms with van der Waals surface area (Å²) in [4.78, 5) is 35.8. The van der Waals surface area contributed by atoms with E-state index in [-0.39, 0.29) is 24.8 Å². The summed E-state index contributed by atoms with van der Waals surface area (Å²) in [5.41, 5.74) is 1.86. The lowest BCUT2D eigenvalue weighted by Gasteiger charge is -2.13. The molecule has 3 amide bonds. The fourth-order valence-corrected chi connectivity index (χ4v) is 2.20. The summed E-state index contributed by atoms with van der Waals surface area (Å²) in [6.07, 6.45) is 2.26. The second-order valence-corrected chi connectivity index (χ2v) is 5.07. The van der Waals surface area contributed by atoms with Gasteiger partial charge in [-0.05, 0) is 24.1 Å². The minimum absolute atomic E-state index is 0.0161. The van der Waals surface area contributed by atoms with Crippen molar-refractivity contribution in [3.8, 4) is 0 Å². The first-order valence-corrected chi connectivity index (χ1v) is 7.30. The van der Waals surface area contributed by atoms with Crippen LogP contribution in [-0.2, 0) is 20.8 Å². The third-order valence-corrected chi connectivity index (χ3v) is 3.49. The van der Waals surface area contributed by atoms with Gasteiger partial charge in [0.2, 0.25) is 5.91 Å². The van der Waals surface area contributed by atoms with Crippen molar-refractivity contribution in [1.82, 2.24) is 10.2 Å². The third-order valence-electron chi connectivity index (χ3n) is 3.49. The van der Waals surface area contributed by atoms with E-state index in [9.17, 15) is 14.4 Å². The molecule has 0 spiro atoms. The summed E-state index contributed by atoms with van der Waals surface area (Å²) in [7, 11) is 1.60. The molecule has 0 saturated carbocycles. The normalized spacial score (nSPS) is 14.0. The van der Waals surface area contributed by atoms with Gasteiger partial charge in [0, 0.05) is 25.2 Å². The number of anilines is 1. The molecule has 2 rings (SSSR count). The minimum Gasteiger partial charge on any atom is -0.395 e. The molecule has 0 saturated heterocycles. The molecule has 0 bridgehead atoms. The summed E-state index contributed by atoms with van der Waals surface area (Å²) in [5.74, 6) is -0.905. The van der Waals surface area contributed by atoms with Gasteiger partial charge in [0.25, 0.3) is 11.8 Å². The lowest BCUT2D eigenvalue weighted by Crippen LogP contribution is -2.34. The second kappa shape index (κ2) is 7.55. The van der Waals surface area contributed by atoms with Gasteiger partial charge in [-0.3, -0.25) is 19.3 Å². The Kier molecular flexibility index (Phi) is 5.48. The van der Waals surface area contributed by atoms with E-state index in [2.05, 4.69) is 10.6 Å². The van der Waals surface area contributed by atoms with E-state index in [0.29, 0.717) is 18.5 Å². The Morgan fingerprint density at radius 3 is 2.52 bits per heavy atom. The topological polar surface area (TPSA) is 98.7 Å². The van der Waals surface area contributed by atoms with Gasteiger partial charge in [0.1, 0.15) is 5.70 Å². The van der Waals surface area contributed by atoms with Crippen LogP contribution >= 0.6 is 0 Å². The van der Waals surface area contributed by atoms with Crippen LogP contribution in [0.4, 0.5) is 5.69 Å². The van der Waals surface area contributed by atoms with Crippen LogP contribution in [0.5, 0.6) is 0 Å². The van der Waals surface area contributed by atoms with Gasteiger partial charge in [-0.15, -0.1) is 0 Å². The minimum atomic E-state index is -0.451. The number of hydrogen-bond donors (Lipinski definition) is 3. The van der Waals surface area contributed by atoms with Crippen molar-refractivity contribution in [3.05, 3.63) is 41.6 Å². The van der Waals surface area contributed by atoms with E-state index >= 15 is 0 Å². The number of carbonyl (C=O) groups is 3. The summed E-state index contributed by atoms with van der Waals surface area (Å²) in [5, 5.41) is 14.3. The summed E-state index contributed by atoms with van der Waals surface area (Å²) < 4.78 is 0. The third kappa shape index (κ3) is 4.17. The van der Waals surface area contributed by atoms with E-state index in [1.165, 1.54) is 6.08 Å². The number of carbonyl (C=O) groups excluding carboxylic acids is 3. The molecule has 1 heterocycles. The number of amides is 3. The summed E-state index contributed by atoms with van der Waals surface area (Å²) >= 11 is 0. The SMILES string of the molecule is CNC(=O)CCc1ccc(NC2=CC(=O)N(CCO)C2=O)cc1. The monoisotopic (exact) mass is 317 g/mol. The van der Waals surface area contributed by atoms with Crippen molar-refractivity contribution in [2.45, 2.75) is 12.8 Å². The number of rotatable bonds is 7. The van der Waals surface area contributed by atoms with Gasteiger partial charge in [-0.1, -0.05) is 12.1 Å². The van der Waals surface area contributed by atoms with E-state index < -0.39 is 11.8 Å². The molecule has 0 aliphatic carbocycles. The molecule has 0 aromatic heterocycles. The molecule has 7 nitrogen and oxygen atoms in total. The number of benzene rings is 1. The molecule has 3 N–H and O–H groups in total. The molecule has 0 fully saturated rings. The van der Waals surface area contributed by atoms with Gasteiger partial charge in [0.05, 0.1) is 13.2 Å². The highest BCUT2D eigenvalue weighted by atomic mass is 16.3. The number of aryl methyl sites for hydroxylation is 1. The number of β-amino-alcohol motifs (C(OH)–C–C–N with tert-alkyl or cyclic N) is 1. The Morgan fingerprint density at radius 1 is 1.22 bits per heavy atom. The molecule has 122 valence electrons. The first-order valence-electron chi connectivity index (χ1n) is 7.30. The van der Waals surface area contributed by atoms with Gasteiger partial charge in [-0.25, -0.2) is 0 Å². The van der Waals surface area contributed by atoms with E-state index in [1.54, 1.807) is 19.2 Å². The Labute approximate surface area is 134 Å². The standard InChI is InChI=1S/C16H19N3O4/c1-17-14(21)7-4-11-2-5-12(6-3-11)18-13-10-15(22)19(8-9-20)16(13)23/h2-3,5-6,10,18,20H,4,7-9H2,1H3,(H,17,21). The fraction of sp³-hybridized carbons (Fsp3) is 0.312. The zero-order valence-electron chi connectivity index (χ0n) is 12.8. The first-order chi connectivity index (χ1) is 11.0. The zero-order valence-corrected chi connectivity index (χ0v) is 12.8. The summed E-state index contributed by atoms with van der Waals surface area (Å²) in [6.45, 7) is -0.281. The Hall–Kier alpha value is -2.67. The number of aliphatic hydroxyl groups excluding tert-OH is 1. The van der Waals surface area contributed by atoms with Crippen LogP contribution in [0.25, 0.3) is 0 Å². The average Bonchev–Trinajstić information content (AvgIpc) is 2.82. The molecule has 1 aromatic carbocycles. The number of nitrogens with zero attached hydrogens (tertiary/aromatic N) is 1. The fourth-order valence-electron chi connectivity index (χ4n) is 2.20. The summed E-state index contributed by atoms with van der Waals surface area (Å²) in [6, 6.07) is 7.29. The van der Waals surface area contributed by atoms with Crippen molar-refractivity contribution in [1.29, 1.82) is 0 Å². The van der Waals surface area contributed by atoms with Crippen molar-refractivity contribution < 1.29 is 19.5 Å². The predicted octanol–water partition coefficient (Wildman–Crippen LogP) is 0.0221. The van der Waals surface area contributed by atoms with Gasteiger partial charge in [-0.2, -0.15) is 0 Å². The number of aliphatic hydroxyl groups is 1. The van der Waals surface area contributed by atoms with E-state index in [1.807, 2.05) is 12.1 Å².